The van der Waals surface area contributed by atoms with Crippen molar-refractivity contribution in [3.8, 4) is 23.0 Å². The molecule has 2 aromatic carbocycles. The van der Waals surface area contributed by atoms with Crippen LogP contribution in [0.15, 0.2) is 42.5 Å². The van der Waals surface area contributed by atoms with Crippen molar-refractivity contribution >= 4 is 44.3 Å². The second-order valence-corrected chi connectivity index (χ2v) is 17.1. The normalized spacial score (nSPS) is 19.5. The number of nitrogens with zero attached hydrogens (tertiary/aromatic N) is 5. The number of hydrogen-bond acceptors (Lipinski definition) is 8. The molecule has 12 nitrogen and oxygen atoms in total. The number of rotatable bonds is 10. The number of anilines is 1. The van der Waals surface area contributed by atoms with Crippen molar-refractivity contribution in [2.45, 2.75) is 62.1 Å². The minimum absolute atomic E-state index is 0.0170. The lowest BCUT2D eigenvalue weighted by atomic mass is 9.93. The van der Waals surface area contributed by atoms with Crippen molar-refractivity contribution < 1.29 is 49.4 Å². The molecule has 1 amide bonds. The number of carbonyl (C=O) groups excluding carboxylic acids is 1. The third-order valence-electron chi connectivity index (χ3n) is 10.7. The predicted octanol–water partition coefficient (Wildman–Crippen LogP) is 6.27. The molecule has 3 atom stereocenters. The Balaban J connectivity index is 1.28. The largest absolute Gasteiger partial charge is 0.381 e. The molecule has 1 aliphatic heterocycles. The van der Waals surface area contributed by atoms with Crippen LogP contribution in [-0.2, 0) is 45.5 Å². The van der Waals surface area contributed by atoms with Gasteiger partial charge in [-0.1, -0.05) is 23.6 Å². The van der Waals surface area contributed by atoms with Crippen LogP contribution in [0.5, 0.6) is 0 Å². The van der Waals surface area contributed by atoms with Crippen LogP contribution in [-0.4, -0.2) is 69.0 Å². The smallest absolute Gasteiger partial charge is 0.293 e. The molecule has 3 aromatic heterocycles. The second kappa shape index (κ2) is 14.8. The van der Waals surface area contributed by atoms with Gasteiger partial charge in [0.15, 0.2) is 5.82 Å². The molecule has 5 aromatic rings. The fourth-order valence-corrected chi connectivity index (χ4v) is 8.76. The molecule has 0 radical (unpaired) electrons. The molecule has 4 heterocycles. The van der Waals surface area contributed by atoms with Crippen molar-refractivity contribution in [1.29, 1.82) is 0 Å². The number of pyridine rings is 1. The number of aromatic nitrogens is 5. The summed E-state index contributed by atoms with van der Waals surface area (Å²) in [6.07, 6.45) is -2.14. The van der Waals surface area contributed by atoms with E-state index in [1.807, 2.05) is 0 Å². The summed E-state index contributed by atoms with van der Waals surface area (Å²) in [5, 5.41) is 22.2. The van der Waals surface area contributed by atoms with Crippen molar-refractivity contribution in [3.05, 3.63) is 93.0 Å². The molecule has 0 bridgehead atoms. The lowest BCUT2D eigenvalue weighted by molar-refractivity contribution is -0.123. The zero-order valence-corrected chi connectivity index (χ0v) is 32.7. The van der Waals surface area contributed by atoms with Gasteiger partial charge in [0.25, 0.3) is 12.3 Å². The van der Waals surface area contributed by atoms with Gasteiger partial charge in [-0.05, 0) is 60.6 Å². The lowest BCUT2D eigenvalue weighted by Crippen LogP contribution is -2.35. The summed E-state index contributed by atoms with van der Waals surface area (Å²) in [7, 11) is -2.31. The molecule has 20 heteroatoms. The van der Waals surface area contributed by atoms with Crippen LogP contribution in [0.2, 0.25) is 5.02 Å². The van der Waals surface area contributed by atoms with Gasteiger partial charge in [-0.3, -0.25) is 18.9 Å². The molecule has 310 valence electrons. The van der Waals surface area contributed by atoms with E-state index in [1.165, 1.54) is 23.9 Å². The third kappa shape index (κ3) is 7.86. The summed E-state index contributed by atoms with van der Waals surface area (Å²) in [5.41, 5.74) is -2.16. The molecule has 59 heavy (non-hydrogen) atoms. The fourth-order valence-electron chi connectivity index (χ4n) is 8.03. The van der Waals surface area contributed by atoms with Crippen molar-refractivity contribution in [3.63, 3.8) is 0 Å². The van der Waals surface area contributed by atoms with Gasteiger partial charge in [0.2, 0.25) is 15.9 Å². The summed E-state index contributed by atoms with van der Waals surface area (Å²) in [4.78, 5) is 18.8. The Bertz CT molecular complexity index is 2690. The van der Waals surface area contributed by atoms with Gasteiger partial charge in [0.05, 0.1) is 47.1 Å². The van der Waals surface area contributed by atoms with Crippen LogP contribution in [0.25, 0.3) is 22.0 Å². The SMILES string of the molecule is Cn1nc(NS(C)(=O)=O)c2c(Cl)ccc(-c3ccc(C#CC4(O)CCOCC4)nc3[C@H](Cc3cc(F)cc(F)c3)NC(=O)Cn3nc(C(F)F)c4c3C(F)(F)[C@@H]3C[C@H]43)c21. The van der Waals surface area contributed by atoms with Crippen LogP contribution >= 0.6 is 11.6 Å². The van der Waals surface area contributed by atoms with Crippen LogP contribution in [0.4, 0.5) is 32.2 Å². The Hall–Kier alpha value is -5.16. The van der Waals surface area contributed by atoms with E-state index in [0.717, 1.165) is 18.4 Å². The number of halogens is 7. The van der Waals surface area contributed by atoms with E-state index in [1.54, 1.807) is 12.1 Å². The second-order valence-electron chi connectivity index (χ2n) is 15.0. The Morgan fingerprint density at radius 2 is 1.76 bits per heavy atom. The molecule has 0 spiro atoms. The Morgan fingerprint density at radius 1 is 1.07 bits per heavy atom. The van der Waals surface area contributed by atoms with E-state index in [4.69, 9.17) is 21.3 Å². The summed E-state index contributed by atoms with van der Waals surface area (Å²) >= 11 is 6.60. The number of aryl methyl sites for hydroxylation is 1. The number of carbonyl (C=O) groups is 1. The summed E-state index contributed by atoms with van der Waals surface area (Å²) < 4.78 is 122. The minimum atomic E-state index is -3.84. The van der Waals surface area contributed by atoms with Crippen molar-refractivity contribution in [2.24, 2.45) is 13.0 Å². The maximum atomic E-state index is 15.4. The highest BCUT2D eigenvalue weighted by Gasteiger charge is 2.67. The molecule has 2 aliphatic carbocycles. The van der Waals surface area contributed by atoms with Gasteiger partial charge in [0.1, 0.15) is 40.9 Å². The number of amides is 1. The highest BCUT2D eigenvalue weighted by Crippen LogP contribution is 2.68. The average molecular weight is 862 g/mol. The quantitative estimate of drug-likeness (QED) is 0.110. The van der Waals surface area contributed by atoms with E-state index < -0.39 is 81.3 Å². The summed E-state index contributed by atoms with van der Waals surface area (Å²) in [6, 6.07) is 7.54. The van der Waals surface area contributed by atoms with E-state index in [9.17, 15) is 35.9 Å². The monoisotopic (exact) mass is 861 g/mol. The number of fused-ring (bicyclic) bond motifs is 4. The standard InChI is InChI=1S/C39H34ClF6N7O5S/c1-52-34-24(5-6-27(40)31(34)37(50-52)51-59(2,56)57)23-4-3-22(7-8-38(55)9-11-58-12-10-38)47-32(23)28(15-19-13-20(41)16-21(42)14-19)48-29(54)18-53-35-30(33(49-53)36(43)44)25-17-26(25)39(35,45)46/h3-6,13-14,16,25-26,28,36,55H,9-12,15,17-18H2,1-2H3,(H,48,54)(H,50,51)/t25-,26+,28-/m0/s1. The van der Waals surface area contributed by atoms with E-state index in [0.29, 0.717) is 21.8 Å². The topological polar surface area (TPSA) is 153 Å². The molecular formula is C39H34ClF6N7O5S. The van der Waals surface area contributed by atoms with Gasteiger partial charge < -0.3 is 15.2 Å². The summed E-state index contributed by atoms with van der Waals surface area (Å²) in [6.45, 7) is -0.393. The first-order valence-corrected chi connectivity index (χ1v) is 20.6. The van der Waals surface area contributed by atoms with Gasteiger partial charge in [0, 0.05) is 48.6 Å². The Labute approximate surface area is 337 Å². The molecule has 3 N–H and O–H groups in total. The third-order valence-corrected chi connectivity index (χ3v) is 11.5. The molecule has 3 aliphatic rings. The first-order valence-electron chi connectivity index (χ1n) is 18.3. The highest BCUT2D eigenvalue weighted by molar-refractivity contribution is 7.92. The Morgan fingerprint density at radius 3 is 2.44 bits per heavy atom. The number of hydrogen-bond donors (Lipinski definition) is 3. The Kier molecular flexibility index (Phi) is 10.2. The van der Waals surface area contributed by atoms with Crippen molar-refractivity contribution in [2.75, 3.05) is 24.2 Å². The zero-order chi connectivity index (χ0) is 42.2. The number of alkyl halides is 4. The maximum Gasteiger partial charge on any atom is 0.293 e. The van der Waals surface area contributed by atoms with Gasteiger partial charge in [-0.15, -0.1) is 0 Å². The molecular weight excluding hydrogens is 828 g/mol. The van der Waals surface area contributed by atoms with Gasteiger partial charge >= 0.3 is 0 Å². The molecule has 1 saturated heterocycles. The fraction of sp³-hybridized carbons (Fsp3) is 0.385. The van der Waals surface area contributed by atoms with E-state index in [-0.39, 0.29) is 83.2 Å². The molecule has 1 saturated carbocycles. The number of sulfonamides is 1. The van der Waals surface area contributed by atoms with Gasteiger partial charge in [-0.25, -0.2) is 31.0 Å². The van der Waals surface area contributed by atoms with Crippen molar-refractivity contribution in [1.82, 2.24) is 29.9 Å². The number of benzene rings is 2. The minimum Gasteiger partial charge on any atom is -0.381 e. The highest BCUT2D eigenvalue weighted by atomic mass is 35.5. The molecule has 8 rings (SSSR count). The van der Waals surface area contributed by atoms with E-state index in [2.05, 4.69) is 32.1 Å². The summed E-state index contributed by atoms with van der Waals surface area (Å²) in [5.74, 6) is -2.73. The van der Waals surface area contributed by atoms with Crippen LogP contribution in [0.3, 0.4) is 0 Å². The van der Waals surface area contributed by atoms with Crippen LogP contribution in [0.1, 0.15) is 71.6 Å². The number of aliphatic hydroxyl groups is 1. The zero-order valence-electron chi connectivity index (χ0n) is 31.2. The average Bonchev–Trinajstić information content (AvgIpc) is 3.69. The first-order chi connectivity index (χ1) is 27.8. The van der Waals surface area contributed by atoms with Crippen LogP contribution < -0.4 is 10.0 Å². The van der Waals surface area contributed by atoms with Gasteiger partial charge in [-0.2, -0.15) is 19.0 Å². The number of nitrogens with one attached hydrogen (secondary N) is 2. The lowest BCUT2D eigenvalue weighted by Gasteiger charge is -2.26. The molecule has 0 unspecified atom stereocenters. The predicted molar refractivity (Wildman–Crippen MR) is 202 cm³/mol. The number of ether oxygens (including phenoxy) is 1. The molecule has 2 fully saturated rings. The first kappa shape index (κ1) is 40.6. The maximum absolute atomic E-state index is 15.4. The van der Waals surface area contributed by atoms with Crippen LogP contribution in [0, 0.1) is 29.4 Å². The van der Waals surface area contributed by atoms with E-state index >= 15 is 8.78 Å².